The van der Waals surface area contributed by atoms with Crippen LogP contribution in [0.1, 0.15) is 40.5 Å². The average molecular weight is 246 g/mol. The molecular weight excluding hydrogens is 224 g/mol. The number of hydrogen-bond donors (Lipinski definition) is 1. The van der Waals surface area contributed by atoms with Crippen molar-refractivity contribution in [3.05, 3.63) is 0 Å². The highest BCUT2D eigenvalue weighted by Crippen LogP contribution is 2.37. The van der Waals surface area contributed by atoms with Gasteiger partial charge in [0.25, 0.3) is 0 Å². The van der Waals surface area contributed by atoms with Crippen LogP contribution in [0.2, 0.25) is 0 Å². The molecule has 17 heavy (non-hydrogen) atoms. The lowest BCUT2D eigenvalue weighted by Crippen LogP contribution is -2.39. The number of aliphatic hydroxyl groups is 1. The van der Waals surface area contributed by atoms with Crippen molar-refractivity contribution in [1.29, 1.82) is 0 Å². The van der Waals surface area contributed by atoms with Crippen molar-refractivity contribution in [2.45, 2.75) is 70.6 Å². The van der Waals surface area contributed by atoms with Gasteiger partial charge in [0.1, 0.15) is 12.2 Å². The number of ether oxygens (including phenoxy) is 4. The zero-order chi connectivity index (χ0) is 12.7. The molecule has 2 saturated heterocycles. The van der Waals surface area contributed by atoms with Gasteiger partial charge in [-0.2, -0.15) is 0 Å². The molecule has 1 N–H and O–H groups in total. The third-order valence-corrected chi connectivity index (χ3v) is 3.43. The van der Waals surface area contributed by atoms with Gasteiger partial charge in [0.05, 0.1) is 6.61 Å². The van der Waals surface area contributed by atoms with Crippen LogP contribution in [0.5, 0.6) is 0 Å². The molecule has 0 aromatic heterocycles. The van der Waals surface area contributed by atoms with Crippen LogP contribution >= 0.6 is 0 Å². The van der Waals surface area contributed by atoms with E-state index >= 15 is 0 Å². The van der Waals surface area contributed by atoms with E-state index in [1.807, 2.05) is 13.8 Å². The highest BCUT2D eigenvalue weighted by atomic mass is 16.8. The van der Waals surface area contributed by atoms with Crippen molar-refractivity contribution >= 4 is 0 Å². The molecule has 0 aromatic carbocycles. The van der Waals surface area contributed by atoms with Gasteiger partial charge in [0.2, 0.25) is 0 Å². The zero-order valence-electron chi connectivity index (χ0n) is 10.9. The van der Waals surface area contributed by atoms with Gasteiger partial charge < -0.3 is 24.1 Å². The van der Waals surface area contributed by atoms with E-state index in [1.165, 1.54) is 0 Å². The van der Waals surface area contributed by atoms with Gasteiger partial charge in [-0.1, -0.05) is 13.8 Å². The first-order valence-corrected chi connectivity index (χ1v) is 6.27. The van der Waals surface area contributed by atoms with Gasteiger partial charge >= 0.3 is 0 Å². The Bertz CT molecular complexity index is 274. The molecule has 2 rings (SSSR count). The summed E-state index contributed by atoms with van der Waals surface area (Å²) in [5.74, 6) is -1.29. The SMILES string of the molecule is CCC1(CC)OC[C@H]([C@H]2OC(C)(C)OC2O)O1. The number of rotatable bonds is 3. The number of hydrogen-bond acceptors (Lipinski definition) is 5. The average Bonchev–Trinajstić information content (AvgIpc) is 2.80. The fourth-order valence-corrected chi connectivity index (χ4v) is 2.39. The summed E-state index contributed by atoms with van der Waals surface area (Å²) in [4.78, 5) is 0. The molecule has 100 valence electrons. The highest BCUT2D eigenvalue weighted by molar-refractivity contribution is 4.87. The first-order valence-electron chi connectivity index (χ1n) is 6.27. The predicted molar refractivity (Wildman–Crippen MR) is 60.2 cm³/mol. The van der Waals surface area contributed by atoms with Crippen LogP contribution in [0.15, 0.2) is 0 Å². The minimum Gasteiger partial charge on any atom is -0.366 e. The van der Waals surface area contributed by atoms with E-state index in [0.717, 1.165) is 12.8 Å². The van der Waals surface area contributed by atoms with E-state index in [9.17, 15) is 5.11 Å². The van der Waals surface area contributed by atoms with Crippen LogP contribution in [0.25, 0.3) is 0 Å². The molecule has 0 spiro atoms. The van der Waals surface area contributed by atoms with Crippen molar-refractivity contribution in [2.24, 2.45) is 0 Å². The van der Waals surface area contributed by atoms with Crippen molar-refractivity contribution in [3.63, 3.8) is 0 Å². The molecule has 2 heterocycles. The second-order valence-electron chi connectivity index (χ2n) is 5.08. The maximum atomic E-state index is 9.82. The summed E-state index contributed by atoms with van der Waals surface area (Å²) in [6.07, 6.45) is -0.139. The summed E-state index contributed by atoms with van der Waals surface area (Å²) in [6, 6.07) is 0. The summed E-state index contributed by atoms with van der Waals surface area (Å²) in [7, 11) is 0. The van der Waals surface area contributed by atoms with Crippen LogP contribution in [0, 0.1) is 0 Å². The Labute approximate surface area is 102 Å². The molecule has 0 radical (unpaired) electrons. The second kappa shape index (κ2) is 4.48. The van der Waals surface area contributed by atoms with Crippen LogP contribution < -0.4 is 0 Å². The minimum absolute atomic E-state index is 0.272. The van der Waals surface area contributed by atoms with Gasteiger partial charge in [-0.15, -0.1) is 0 Å². The maximum Gasteiger partial charge on any atom is 0.187 e. The molecule has 0 aliphatic carbocycles. The normalized spacial score (nSPS) is 39.7. The molecule has 0 aromatic rings. The first kappa shape index (κ1) is 13.2. The van der Waals surface area contributed by atoms with E-state index in [-0.39, 0.29) is 6.10 Å². The zero-order valence-corrected chi connectivity index (χ0v) is 10.9. The summed E-state index contributed by atoms with van der Waals surface area (Å²) < 4.78 is 22.6. The molecule has 0 bridgehead atoms. The van der Waals surface area contributed by atoms with Gasteiger partial charge in [0.15, 0.2) is 17.9 Å². The monoisotopic (exact) mass is 246 g/mol. The Hall–Kier alpha value is -0.200. The van der Waals surface area contributed by atoms with Crippen molar-refractivity contribution in [3.8, 4) is 0 Å². The molecule has 3 atom stereocenters. The van der Waals surface area contributed by atoms with Gasteiger partial charge in [-0.25, -0.2) is 0 Å². The Kier molecular flexibility index (Phi) is 3.49. The highest BCUT2D eigenvalue weighted by Gasteiger charge is 2.50. The molecule has 1 unspecified atom stereocenters. The summed E-state index contributed by atoms with van der Waals surface area (Å²) in [5, 5.41) is 9.82. The third kappa shape index (κ3) is 2.48. The second-order valence-corrected chi connectivity index (χ2v) is 5.08. The van der Waals surface area contributed by atoms with E-state index in [4.69, 9.17) is 18.9 Å². The smallest absolute Gasteiger partial charge is 0.187 e. The van der Waals surface area contributed by atoms with Crippen LogP contribution in [-0.4, -0.2) is 41.8 Å². The molecule has 5 heteroatoms. The van der Waals surface area contributed by atoms with Crippen LogP contribution in [-0.2, 0) is 18.9 Å². The largest absolute Gasteiger partial charge is 0.366 e. The van der Waals surface area contributed by atoms with Crippen LogP contribution in [0.3, 0.4) is 0 Å². The minimum atomic E-state index is -0.955. The molecule has 0 saturated carbocycles. The molecule has 5 nitrogen and oxygen atoms in total. The fraction of sp³-hybridized carbons (Fsp3) is 1.00. The summed E-state index contributed by atoms with van der Waals surface area (Å²) >= 11 is 0. The lowest BCUT2D eigenvalue weighted by molar-refractivity contribution is -0.193. The molecule has 0 amide bonds. The van der Waals surface area contributed by atoms with Gasteiger partial charge in [-0.05, 0) is 26.7 Å². The van der Waals surface area contributed by atoms with Crippen LogP contribution in [0.4, 0.5) is 0 Å². The summed E-state index contributed by atoms with van der Waals surface area (Å²) in [6.45, 7) is 8.04. The Morgan fingerprint density at radius 2 is 1.76 bits per heavy atom. The fourth-order valence-electron chi connectivity index (χ4n) is 2.39. The lowest BCUT2D eigenvalue weighted by atomic mass is 10.1. The first-order chi connectivity index (χ1) is 7.91. The summed E-state index contributed by atoms with van der Waals surface area (Å²) in [5.41, 5.74) is 0. The van der Waals surface area contributed by atoms with Crippen molar-refractivity contribution < 1.29 is 24.1 Å². The predicted octanol–water partition coefficient (Wildman–Crippen LogP) is 1.39. The molecule has 2 aliphatic rings. The molecule has 2 fully saturated rings. The third-order valence-electron chi connectivity index (χ3n) is 3.43. The van der Waals surface area contributed by atoms with Gasteiger partial charge in [0, 0.05) is 0 Å². The topological polar surface area (TPSA) is 57.2 Å². The maximum absolute atomic E-state index is 9.82. The molecule has 2 aliphatic heterocycles. The van der Waals surface area contributed by atoms with Crippen molar-refractivity contribution in [2.75, 3.05) is 6.61 Å². The van der Waals surface area contributed by atoms with E-state index in [0.29, 0.717) is 6.61 Å². The lowest BCUT2D eigenvalue weighted by Gasteiger charge is -2.26. The van der Waals surface area contributed by atoms with Gasteiger partial charge in [-0.3, -0.25) is 0 Å². The Morgan fingerprint density at radius 1 is 1.12 bits per heavy atom. The quantitative estimate of drug-likeness (QED) is 0.815. The van der Waals surface area contributed by atoms with E-state index in [1.54, 1.807) is 13.8 Å². The Morgan fingerprint density at radius 3 is 2.18 bits per heavy atom. The number of aliphatic hydroxyl groups excluding tert-OH is 1. The Balaban J connectivity index is 2.02. The molecular formula is C12H22O5. The van der Waals surface area contributed by atoms with E-state index < -0.39 is 24.0 Å². The van der Waals surface area contributed by atoms with Crippen molar-refractivity contribution in [1.82, 2.24) is 0 Å². The van der Waals surface area contributed by atoms with E-state index in [2.05, 4.69) is 0 Å². The standard InChI is InChI=1S/C12H22O5/c1-5-12(6-2)14-7-8(15-12)9-10(13)17-11(3,4)16-9/h8-10,13H,5-7H2,1-4H3/t8-,9-,10?/m1/s1.